The van der Waals surface area contributed by atoms with Crippen LogP contribution >= 0.6 is 11.3 Å². The second-order valence-electron chi connectivity index (χ2n) is 7.19. The average Bonchev–Trinajstić information content (AvgIpc) is 3.16. The van der Waals surface area contributed by atoms with Gasteiger partial charge in [-0.3, -0.25) is 0 Å². The number of nitrogens with one attached hydrogen (secondary N) is 1. The van der Waals surface area contributed by atoms with Crippen molar-refractivity contribution >= 4 is 37.5 Å². The van der Waals surface area contributed by atoms with Crippen molar-refractivity contribution in [2.24, 2.45) is 0 Å². The normalized spacial score (nSPS) is 12.3. The molecule has 4 heteroatoms. The molecular weight excluding hydrogens is 376 g/mol. The molecule has 3 nitrogen and oxygen atoms in total. The summed E-state index contributed by atoms with van der Waals surface area (Å²) in [6.07, 6.45) is 0. The summed E-state index contributed by atoms with van der Waals surface area (Å²) in [6.45, 7) is 2.08. The summed E-state index contributed by atoms with van der Waals surface area (Å²) in [7, 11) is 0. The van der Waals surface area contributed by atoms with Gasteiger partial charge in [-0.25, -0.2) is 4.98 Å². The third kappa shape index (κ3) is 3.32. The molecule has 0 aliphatic heterocycles. The highest BCUT2D eigenvalue weighted by molar-refractivity contribution is 7.22. The molecule has 0 amide bonds. The predicted octanol–water partition coefficient (Wildman–Crippen LogP) is 6.67. The Labute approximate surface area is 173 Å². The number of para-hydroxylation sites is 1. The fourth-order valence-corrected chi connectivity index (χ4v) is 4.62. The van der Waals surface area contributed by atoms with E-state index in [-0.39, 0.29) is 11.8 Å². The van der Waals surface area contributed by atoms with Crippen LogP contribution in [-0.2, 0) is 0 Å². The van der Waals surface area contributed by atoms with Gasteiger partial charge in [0.25, 0.3) is 0 Å². The number of aromatic hydroxyl groups is 1. The van der Waals surface area contributed by atoms with E-state index in [4.69, 9.17) is 4.98 Å². The number of phenolic OH excluding ortho intramolecular Hbond substituents is 1. The molecule has 0 fully saturated rings. The van der Waals surface area contributed by atoms with Crippen molar-refractivity contribution in [2.75, 3.05) is 5.32 Å². The highest BCUT2D eigenvalue weighted by atomic mass is 32.1. The zero-order chi connectivity index (χ0) is 19.8. The van der Waals surface area contributed by atoms with Crippen LogP contribution in [0.3, 0.4) is 0 Å². The number of thiazole rings is 1. The molecule has 0 saturated heterocycles. The largest absolute Gasteiger partial charge is 0.508 e. The van der Waals surface area contributed by atoms with Crippen molar-refractivity contribution in [1.29, 1.82) is 0 Å². The molecule has 0 bridgehead atoms. The molecule has 0 aliphatic carbocycles. The summed E-state index contributed by atoms with van der Waals surface area (Å²) in [5, 5.41) is 17.4. The van der Waals surface area contributed by atoms with Crippen molar-refractivity contribution in [1.82, 2.24) is 4.98 Å². The molecule has 0 spiro atoms. The molecule has 1 atom stereocenters. The minimum Gasteiger partial charge on any atom is -0.508 e. The maximum absolute atomic E-state index is 10.9. The lowest BCUT2D eigenvalue weighted by Gasteiger charge is -2.22. The van der Waals surface area contributed by atoms with Gasteiger partial charge in [-0.05, 0) is 41.5 Å². The first-order valence-corrected chi connectivity index (χ1v) is 10.4. The minimum absolute atomic E-state index is 0.220. The van der Waals surface area contributed by atoms with E-state index in [0.29, 0.717) is 0 Å². The summed E-state index contributed by atoms with van der Waals surface area (Å²) >= 11 is 1.63. The lowest BCUT2D eigenvalue weighted by molar-refractivity contribution is 0.468. The molecular formula is C25H20N2OS. The van der Waals surface area contributed by atoms with E-state index in [2.05, 4.69) is 54.7 Å². The number of fused-ring (bicyclic) bond motifs is 2. The Balaban J connectivity index is 1.69. The number of rotatable bonds is 4. The molecule has 5 rings (SSSR count). The second kappa shape index (κ2) is 7.22. The number of nitrogens with zero attached hydrogens (tertiary/aromatic N) is 1. The number of aryl methyl sites for hydroxylation is 1. The standard InChI is InChI=1S/C25H20N2OS/c1-16-10-12-18(13-11-16)24(27-25-26-20-8-4-5-9-22(20)29-25)23-19-7-3-2-6-17(19)14-15-21(23)28/h2-15,24,28H,1H3,(H,26,27). The van der Waals surface area contributed by atoms with Gasteiger partial charge < -0.3 is 10.4 Å². The van der Waals surface area contributed by atoms with Crippen LogP contribution < -0.4 is 5.32 Å². The van der Waals surface area contributed by atoms with Gasteiger partial charge >= 0.3 is 0 Å². The van der Waals surface area contributed by atoms with E-state index >= 15 is 0 Å². The van der Waals surface area contributed by atoms with Crippen LogP contribution in [0, 0.1) is 6.92 Å². The predicted molar refractivity (Wildman–Crippen MR) is 122 cm³/mol. The Morgan fingerprint density at radius 3 is 2.45 bits per heavy atom. The zero-order valence-corrected chi connectivity index (χ0v) is 16.8. The van der Waals surface area contributed by atoms with Crippen molar-refractivity contribution in [2.45, 2.75) is 13.0 Å². The lowest BCUT2D eigenvalue weighted by atomic mass is 9.92. The summed E-state index contributed by atoms with van der Waals surface area (Å²) in [5.74, 6) is 0.280. The van der Waals surface area contributed by atoms with Crippen LogP contribution in [-0.4, -0.2) is 10.1 Å². The molecule has 0 radical (unpaired) electrons. The van der Waals surface area contributed by atoms with E-state index in [1.807, 2.05) is 36.4 Å². The minimum atomic E-state index is -0.220. The number of aromatic nitrogens is 1. The molecule has 5 aromatic rings. The summed E-state index contributed by atoms with van der Waals surface area (Å²) in [6, 6.07) is 28.2. The van der Waals surface area contributed by atoms with Crippen molar-refractivity contribution in [3.05, 3.63) is 102 Å². The van der Waals surface area contributed by atoms with Crippen molar-refractivity contribution in [3.63, 3.8) is 0 Å². The van der Waals surface area contributed by atoms with Gasteiger partial charge in [0.1, 0.15) is 5.75 Å². The molecule has 142 valence electrons. The van der Waals surface area contributed by atoms with Crippen molar-refractivity contribution < 1.29 is 5.11 Å². The van der Waals surface area contributed by atoms with Crippen LogP contribution in [0.1, 0.15) is 22.7 Å². The number of anilines is 1. The molecule has 2 N–H and O–H groups in total. The quantitative estimate of drug-likeness (QED) is 0.357. The van der Waals surface area contributed by atoms with Gasteiger partial charge in [-0.2, -0.15) is 0 Å². The smallest absolute Gasteiger partial charge is 0.184 e. The zero-order valence-electron chi connectivity index (χ0n) is 16.0. The van der Waals surface area contributed by atoms with Gasteiger partial charge in [0, 0.05) is 5.56 Å². The maximum atomic E-state index is 10.9. The van der Waals surface area contributed by atoms with Crippen LogP contribution in [0.2, 0.25) is 0 Å². The molecule has 0 aliphatic rings. The van der Waals surface area contributed by atoms with Gasteiger partial charge in [0.15, 0.2) is 5.13 Å². The molecule has 0 saturated carbocycles. The fourth-order valence-electron chi connectivity index (χ4n) is 3.73. The Bertz CT molecular complexity index is 1270. The number of hydrogen-bond acceptors (Lipinski definition) is 4. The average molecular weight is 397 g/mol. The van der Waals surface area contributed by atoms with Gasteiger partial charge in [-0.15, -0.1) is 0 Å². The van der Waals surface area contributed by atoms with E-state index in [0.717, 1.165) is 37.2 Å². The van der Waals surface area contributed by atoms with Crippen LogP contribution in [0.4, 0.5) is 5.13 Å². The SMILES string of the molecule is Cc1ccc(C(Nc2nc3ccccc3s2)c2c(O)ccc3ccccc23)cc1. The molecule has 1 unspecified atom stereocenters. The third-order valence-corrected chi connectivity index (χ3v) is 6.18. The topological polar surface area (TPSA) is 45.2 Å². The van der Waals surface area contributed by atoms with Gasteiger partial charge in [0.05, 0.1) is 16.3 Å². The summed E-state index contributed by atoms with van der Waals surface area (Å²) < 4.78 is 1.14. The molecule has 1 aromatic heterocycles. The Morgan fingerprint density at radius 1 is 0.862 bits per heavy atom. The summed E-state index contributed by atoms with van der Waals surface area (Å²) in [5.41, 5.74) is 4.13. The number of hydrogen-bond donors (Lipinski definition) is 2. The molecule has 29 heavy (non-hydrogen) atoms. The third-order valence-electron chi connectivity index (χ3n) is 5.21. The lowest BCUT2D eigenvalue weighted by Crippen LogP contribution is -2.13. The van der Waals surface area contributed by atoms with E-state index in [9.17, 15) is 5.11 Å². The first-order chi connectivity index (χ1) is 14.2. The number of benzene rings is 4. The summed E-state index contributed by atoms with van der Waals surface area (Å²) in [4.78, 5) is 4.76. The van der Waals surface area contributed by atoms with Crippen LogP contribution in [0.15, 0.2) is 84.9 Å². The van der Waals surface area contributed by atoms with E-state index in [1.165, 1.54) is 5.56 Å². The van der Waals surface area contributed by atoms with E-state index < -0.39 is 0 Å². The van der Waals surface area contributed by atoms with Crippen molar-refractivity contribution in [3.8, 4) is 5.75 Å². The highest BCUT2D eigenvalue weighted by Gasteiger charge is 2.22. The Morgan fingerprint density at radius 2 is 1.62 bits per heavy atom. The Hall–Kier alpha value is -3.37. The maximum Gasteiger partial charge on any atom is 0.184 e. The second-order valence-corrected chi connectivity index (χ2v) is 8.22. The molecule has 1 heterocycles. The van der Waals surface area contributed by atoms with Crippen LogP contribution in [0.25, 0.3) is 21.0 Å². The first kappa shape index (κ1) is 17.7. The monoisotopic (exact) mass is 396 g/mol. The first-order valence-electron chi connectivity index (χ1n) is 9.58. The Kier molecular flexibility index (Phi) is 4.41. The highest BCUT2D eigenvalue weighted by Crippen LogP contribution is 2.39. The van der Waals surface area contributed by atoms with E-state index in [1.54, 1.807) is 17.4 Å². The fraction of sp³-hybridized carbons (Fsp3) is 0.0800. The number of phenols is 1. The van der Waals surface area contributed by atoms with Crippen LogP contribution in [0.5, 0.6) is 5.75 Å². The van der Waals surface area contributed by atoms with Gasteiger partial charge in [-0.1, -0.05) is 83.6 Å². The molecule has 4 aromatic carbocycles. The van der Waals surface area contributed by atoms with Gasteiger partial charge in [0.2, 0.25) is 0 Å².